The van der Waals surface area contributed by atoms with Gasteiger partial charge in [-0.3, -0.25) is 0 Å². The van der Waals surface area contributed by atoms with E-state index < -0.39 is 0 Å². The summed E-state index contributed by atoms with van der Waals surface area (Å²) in [6.07, 6.45) is 0. The maximum absolute atomic E-state index is 5.34. The number of thiophene rings is 1. The lowest BCUT2D eigenvalue weighted by molar-refractivity contribution is 1.06. The molecule has 0 aliphatic heterocycles. The van der Waals surface area contributed by atoms with Crippen LogP contribution in [0.5, 0.6) is 0 Å². The second-order valence-electron chi connectivity index (χ2n) is 15.6. The van der Waals surface area contributed by atoms with Gasteiger partial charge < -0.3 is 4.57 Å². The van der Waals surface area contributed by atoms with Crippen LogP contribution in [0.4, 0.5) is 0 Å². The summed E-state index contributed by atoms with van der Waals surface area (Å²) < 4.78 is 4.94. The van der Waals surface area contributed by atoms with E-state index in [2.05, 4.69) is 187 Å². The van der Waals surface area contributed by atoms with Gasteiger partial charge in [0.25, 0.3) is 0 Å². The molecule has 0 amide bonds. The van der Waals surface area contributed by atoms with E-state index in [9.17, 15) is 0 Å². The molecule has 5 heteroatoms. The molecule has 4 nitrogen and oxygen atoms in total. The van der Waals surface area contributed by atoms with Gasteiger partial charge >= 0.3 is 0 Å². The summed E-state index contributed by atoms with van der Waals surface area (Å²) >= 11 is 1.84. The quantitative estimate of drug-likeness (QED) is 0.161. The lowest BCUT2D eigenvalue weighted by Gasteiger charge is -2.17. The minimum Gasteiger partial charge on any atom is -0.308 e. The fourth-order valence-corrected chi connectivity index (χ4v) is 10.1. The Labute approximate surface area is 362 Å². The molecule has 3 heterocycles. The van der Waals surface area contributed by atoms with Crippen molar-refractivity contribution in [3.63, 3.8) is 0 Å². The first-order valence-electron chi connectivity index (χ1n) is 20.8. The van der Waals surface area contributed by atoms with Crippen molar-refractivity contribution in [1.82, 2.24) is 19.5 Å². The molecule has 0 saturated carbocycles. The van der Waals surface area contributed by atoms with E-state index >= 15 is 0 Å². The number of rotatable bonds is 7. The normalized spacial score (nSPS) is 11.5. The van der Waals surface area contributed by atoms with Crippen molar-refractivity contribution < 1.29 is 0 Å². The second-order valence-corrected chi connectivity index (χ2v) is 16.7. The van der Waals surface area contributed by atoms with Gasteiger partial charge in [-0.05, 0) is 81.9 Å². The minimum absolute atomic E-state index is 0.605. The third-order valence-electron chi connectivity index (χ3n) is 11.9. The van der Waals surface area contributed by atoms with Gasteiger partial charge in [-0.2, -0.15) is 0 Å². The molecule has 0 aliphatic rings. The van der Waals surface area contributed by atoms with Gasteiger partial charge in [-0.1, -0.05) is 170 Å². The summed E-state index contributed by atoms with van der Waals surface area (Å²) in [6, 6.07) is 77.6. The van der Waals surface area contributed by atoms with Crippen molar-refractivity contribution in [3.8, 4) is 73.2 Å². The molecule has 0 aliphatic carbocycles. The van der Waals surface area contributed by atoms with Crippen LogP contribution in [-0.4, -0.2) is 19.5 Å². The second kappa shape index (κ2) is 14.9. The number of hydrogen-bond donors (Lipinski definition) is 0. The maximum atomic E-state index is 5.34. The Hall–Kier alpha value is -7.99. The van der Waals surface area contributed by atoms with E-state index in [1.807, 2.05) is 47.7 Å². The van der Waals surface area contributed by atoms with Crippen LogP contribution in [-0.2, 0) is 0 Å². The molecule has 3 aromatic heterocycles. The topological polar surface area (TPSA) is 43.6 Å². The SMILES string of the molecule is c1ccc(-c2ccc3c(c2)c2cc(-c4ccccc4)ccc2n3-c2ccc(-c3cccc4sc5ccccc5c34)cc2-c2nc(-c3ccccc3)nc(-c3ccccc3)n2)cc1. The van der Waals surface area contributed by atoms with Crippen molar-refractivity contribution in [2.45, 2.75) is 0 Å². The van der Waals surface area contributed by atoms with Crippen molar-refractivity contribution in [2.75, 3.05) is 0 Å². The highest BCUT2D eigenvalue weighted by Gasteiger charge is 2.22. The standard InChI is InChI=1S/C57H36N4S/c1-5-16-37(17-6-1)41-28-31-49-46(34-41)47-35-42(38-18-7-2-8-19-38)29-32-50(47)61(49)51-33-30-43(44-25-15-27-53-54(44)45-24-13-14-26-52(45)62-53)36-48(51)57-59-55(39-20-9-3-10-21-39)58-56(60-57)40-22-11-4-12-23-40/h1-36H. The molecule has 0 radical (unpaired) electrons. The highest BCUT2D eigenvalue weighted by Crippen LogP contribution is 2.44. The van der Waals surface area contributed by atoms with E-state index in [0.29, 0.717) is 17.5 Å². The van der Waals surface area contributed by atoms with Gasteiger partial charge in [0.15, 0.2) is 17.5 Å². The van der Waals surface area contributed by atoms with Gasteiger partial charge in [-0.25, -0.2) is 15.0 Å². The number of nitrogens with zero attached hydrogens (tertiary/aromatic N) is 4. The molecule has 0 saturated heterocycles. The Morgan fingerprint density at radius 3 is 1.37 bits per heavy atom. The number of aromatic nitrogens is 4. The number of fused-ring (bicyclic) bond motifs is 6. The van der Waals surface area contributed by atoms with E-state index in [0.717, 1.165) is 39.0 Å². The zero-order valence-electron chi connectivity index (χ0n) is 33.5. The highest BCUT2D eigenvalue weighted by atomic mass is 32.1. The molecule has 12 rings (SSSR count). The van der Waals surface area contributed by atoms with Gasteiger partial charge in [0.05, 0.1) is 16.7 Å². The molecule has 0 bridgehead atoms. The molecule has 0 N–H and O–H groups in total. The third-order valence-corrected chi connectivity index (χ3v) is 13.0. The van der Waals surface area contributed by atoms with Crippen LogP contribution >= 0.6 is 11.3 Å². The monoisotopic (exact) mass is 808 g/mol. The van der Waals surface area contributed by atoms with Gasteiger partial charge in [0.1, 0.15) is 0 Å². The predicted molar refractivity (Wildman–Crippen MR) is 260 cm³/mol. The van der Waals surface area contributed by atoms with Crippen LogP contribution in [0.25, 0.3) is 115 Å². The molecule has 0 spiro atoms. The summed E-state index contributed by atoms with van der Waals surface area (Å²) in [4.78, 5) is 15.8. The Bertz CT molecular complexity index is 3460. The van der Waals surface area contributed by atoms with Crippen LogP contribution in [0.1, 0.15) is 0 Å². The van der Waals surface area contributed by atoms with Crippen LogP contribution in [0.2, 0.25) is 0 Å². The molecule has 0 fully saturated rings. The smallest absolute Gasteiger partial charge is 0.166 e. The van der Waals surface area contributed by atoms with Crippen molar-refractivity contribution in [2.24, 2.45) is 0 Å². The highest BCUT2D eigenvalue weighted by molar-refractivity contribution is 7.25. The molecule has 0 atom stereocenters. The van der Waals surface area contributed by atoms with E-state index in [-0.39, 0.29) is 0 Å². The van der Waals surface area contributed by atoms with Crippen LogP contribution in [0.3, 0.4) is 0 Å². The van der Waals surface area contributed by atoms with Crippen LogP contribution in [0, 0.1) is 0 Å². The molecule has 290 valence electrons. The Morgan fingerprint density at radius 2 is 0.790 bits per heavy atom. The van der Waals surface area contributed by atoms with E-state index in [4.69, 9.17) is 15.0 Å². The Morgan fingerprint density at radius 1 is 0.306 bits per heavy atom. The van der Waals surface area contributed by atoms with Gasteiger partial charge in [-0.15, -0.1) is 11.3 Å². The van der Waals surface area contributed by atoms with Crippen LogP contribution < -0.4 is 0 Å². The van der Waals surface area contributed by atoms with Crippen molar-refractivity contribution >= 4 is 53.3 Å². The Kier molecular flexibility index (Phi) is 8.65. The lowest BCUT2D eigenvalue weighted by Crippen LogP contribution is -2.04. The molecule has 0 unspecified atom stereocenters. The molecule has 12 aromatic rings. The van der Waals surface area contributed by atoms with E-state index in [1.54, 1.807) is 0 Å². The number of benzene rings is 9. The average Bonchev–Trinajstić information content (AvgIpc) is 3.90. The number of hydrogen-bond acceptors (Lipinski definition) is 4. The third kappa shape index (κ3) is 6.18. The average molecular weight is 809 g/mol. The zero-order valence-corrected chi connectivity index (χ0v) is 34.3. The fraction of sp³-hybridized carbons (Fsp3) is 0. The molecule has 9 aromatic carbocycles. The first-order chi connectivity index (χ1) is 30.7. The predicted octanol–water partition coefficient (Wildman–Crippen LogP) is 15.3. The van der Waals surface area contributed by atoms with E-state index in [1.165, 1.54) is 58.8 Å². The summed E-state index contributed by atoms with van der Waals surface area (Å²) in [5.41, 5.74) is 12.9. The first kappa shape index (κ1) is 35.9. The summed E-state index contributed by atoms with van der Waals surface area (Å²) in [6.45, 7) is 0. The fourth-order valence-electron chi connectivity index (χ4n) is 8.93. The first-order valence-corrected chi connectivity index (χ1v) is 21.7. The largest absolute Gasteiger partial charge is 0.308 e. The lowest BCUT2D eigenvalue weighted by atomic mass is 9.96. The van der Waals surface area contributed by atoms with Crippen molar-refractivity contribution in [3.05, 3.63) is 218 Å². The summed E-state index contributed by atoms with van der Waals surface area (Å²) in [7, 11) is 0. The maximum Gasteiger partial charge on any atom is 0.166 e. The summed E-state index contributed by atoms with van der Waals surface area (Å²) in [5, 5.41) is 4.87. The molecular weight excluding hydrogens is 773 g/mol. The van der Waals surface area contributed by atoms with Crippen LogP contribution in [0.15, 0.2) is 218 Å². The van der Waals surface area contributed by atoms with Gasteiger partial charge in [0, 0.05) is 47.6 Å². The summed E-state index contributed by atoms with van der Waals surface area (Å²) in [5.74, 6) is 1.85. The Balaban J connectivity index is 1.17. The van der Waals surface area contributed by atoms with Crippen molar-refractivity contribution in [1.29, 1.82) is 0 Å². The molecular formula is C57H36N4S. The minimum atomic E-state index is 0.605. The van der Waals surface area contributed by atoms with Gasteiger partial charge in [0.2, 0.25) is 0 Å². The zero-order chi connectivity index (χ0) is 41.0. The molecule has 62 heavy (non-hydrogen) atoms.